The average Bonchev–Trinajstić information content (AvgIpc) is 2.45. The van der Waals surface area contributed by atoms with Gasteiger partial charge in [0.25, 0.3) is 0 Å². The molecule has 110 valence electrons. The highest BCUT2D eigenvalue weighted by Gasteiger charge is 2.12. The summed E-state index contributed by atoms with van der Waals surface area (Å²) >= 11 is 0. The van der Waals surface area contributed by atoms with Gasteiger partial charge >= 0.3 is 0 Å². The third-order valence-electron chi connectivity index (χ3n) is 3.46. The van der Waals surface area contributed by atoms with E-state index in [4.69, 9.17) is 5.73 Å². The van der Waals surface area contributed by atoms with Crippen LogP contribution in [0.1, 0.15) is 42.3 Å². The first-order chi connectivity index (χ1) is 9.86. The van der Waals surface area contributed by atoms with Crippen molar-refractivity contribution in [3.8, 4) is 0 Å². The van der Waals surface area contributed by atoms with Crippen molar-refractivity contribution in [2.75, 3.05) is 5.32 Å². The van der Waals surface area contributed by atoms with E-state index in [0.29, 0.717) is 12.1 Å². The Morgan fingerprint density at radius 2 is 1.76 bits per heavy atom. The molecule has 0 spiro atoms. The number of carbonyl (C=O) groups is 1. The van der Waals surface area contributed by atoms with Crippen molar-refractivity contribution in [2.24, 2.45) is 5.73 Å². The number of nitrogens with one attached hydrogen (secondary N) is 1. The fourth-order valence-electron chi connectivity index (χ4n) is 2.13. The minimum Gasteiger partial charge on any atom is -0.381 e. The molecule has 3 heteroatoms. The molecule has 21 heavy (non-hydrogen) atoms. The van der Waals surface area contributed by atoms with E-state index in [1.165, 1.54) is 5.56 Å². The zero-order valence-electron chi connectivity index (χ0n) is 12.8. The average molecular weight is 282 g/mol. The number of primary amides is 1. The van der Waals surface area contributed by atoms with Gasteiger partial charge in [-0.1, -0.05) is 45.0 Å². The van der Waals surface area contributed by atoms with Crippen LogP contribution in [-0.2, 0) is 12.0 Å². The van der Waals surface area contributed by atoms with Gasteiger partial charge in [0.2, 0.25) is 5.91 Å². The lowest BCUT2D eigenvalue weighted by molar-refractivity contribution is 0.1000. The number of rotatable bonds is 4. The number of amides is 1. The number of hydrogen-bond donors (Lipinski definition) is 2. The quantitative estimate of drug-likeness (QED) is 0.898. The zero-order chi connectivity index (χ0) is 15.5. The number of benzene rings is 2. The lowest BCUT2D eigenvalue weighted by atomic mass is 9.87. The second-order valence-corrected chi connectivity index (χ2v) is 6.25. The molecule has 0 saturated heterocycles. The van der Waals surface area contributed by atoms with Crippen molar-refractivity contribution in [1.29, 1.82) is 0 Å². The molecule has 2 rings (SSSR count). The van der Waals surface area contributed by atoms with Gasteiger partial charge in [-0.2, -0.15) is 0 Å². The Morgan fingerprint density at radius 3 is 2.33 bits per heavy atom. The minimum absolute atomic E-state index is 0.161. The van der Waals surface area contributed by atoms with E-state index in [1.54, 1.807) is 6.07 Å². The molecule has 1 amide bonds. The van der Waals surface area contributed by atoms with Crippen molar-refractivity contribution in [3.63, 3.8) is 0 Å². The third kappa shape index (κ3) is 4.09. The topological polar surface area (TPSA) is 55.1 Å². The summed E-state index contributed by atoms with van der Waals surface area (Å²) in [6.45, 7) is 7.26. The predicted molar refractivity (Wildman–Crippen MR) is 87.4 cm³/mol. The van der Waals surface area contributed by atoms with Crippen LogP contribution < -0.4 is 11.1 Å². The Kier molecular flexibility index (Phi) is 4.32. The molecule has 0 bridgehead atoms. The van der Waals surface area contributed by atoms with Crippen molar-refractivity contribution >= 4 is 11.6 Å². The minimum atomic E-state index is -0.397. The number of hydrogen-bond acceptors (Lipinski definition) is 2. The molecule has 0 atom stereocenters. The number of nitrogens with two attached hydrogens (primary N) is 1. The summed E-state index contributed by atoms with van der Waals surface area (Å²) in [5.41, 5.74) is 9.39. The molecule has 0 aliphatic heterocycles. The summed E-state index contributed by atoms with van der Waals surface area (Å²) in [6.07, 6.45) is 0. The fraction of sp³-hybridized carbons (Fsp3) is 0.278. The molecule has 0 unspecified atom stereocenters. The Bertz CT molecular complexity index is 624. The van der Waals surface area contributed by atoms with E-state index < -0.39 is 5.91 Å². The van der Waals surface area contributed by atoms with Crippen LogP contribution in [0.15, 0.2) is 48.5 Å². The molecule has 2 aromatic rings. The summed E-state index contributed by atoms with van der Waals surface area (Å²) < 4.78 is 0. The molecule has 3 nitrogen and oxygen atoms in total. The van der Waals surface area contributed by atoms with Gasteiger partial charge in [-0.05, 0) is 40.8 Å². The maximum atomic E-state index is 11.2. The number of anilines is 1. The maximum absolute atomic E-state index is 11.2. The Labute approximate surface area is 126 Å². The van der Waals surface area contributed by atoms with Gasteiger partial charge in [0.05, 0.1) is 0 Å². The molecule has 2 aromatic carbocycles. The van der Waals surface area contributed by atoms with Crippen molar-refractivity contribution < 1.29 is 4.79 Å². The van der Waals surface area contributed by atoms with Crippen LogP contribution in [0.5, 0.6) is 0 Å². The van der Waals surface area contributed by atoms with Gasteiger partial charge < -0.3 is 11.1 Å². The summed E-state index contributed by atoms with van der Waals surface area (Å²) in [6, 6.07) is 15.8. The maximum Gasteiger partial charge on any atom is 0.248 e. The van der Waals surface area contributed by atoms with E-state index in [1.807, 2.05) is 18.2 Å². The highest BCUT2D eigenvalue weighted by atomic mass is 16.1. The summed E-state index contributed by atoms with van der Waals surface area (Å²) in [7, 11) is 0. The molecule has 0 heterocycles. The summed E-state index contributed by atoms with van der Waals surface area (Å²) in [5.74, 6) is -0.397. The molecule has 0 aliphatic rings. The Balaban J connectivity index is 2.03. The predicted octanol–water partition coefficient (Wildman–Crippen LogP) is 3.70. The molecule has 0 radical (unpaired) electrons. The SMILES string of the molecule is CC(C)(C)c1ccc(NCc2cccc(C(N)=O)c2)cc1. The van der Waals surface area contributed by atoms with Crippen molar-refractivity contribution in [3.05, 3.63) is 65.2 Å². The van der Waals surface area contributed by atoms with E-state index >= 15 is 0 Å². The second-order valence-electron chi connectivity index (χ2n) is 6.25. The molecule has 0 aliphatic carbocycles. The smallest absolute Gasteiger partial charge is 0.248 e. The van der Waals surface area contributed by atoms with E-state index in [2.05, 4.69) is 50.4 Å². The first-order valence-electron chi connectivity index (χ1n) is 7.09. The summed E-state index contributed by atoms with van der Waals surface area (Å²) in [5, 5.41) is 3.35. The Morgan fingerprint density at radius 1 is 1.10 bits per heavy atom. The van der Waals surface area contributed by atoms with Gasteiger partial charge in [0.1, 0.15) is 0 Å². The van der Waals surface area contributed by atoms with Crippen LogP contribution in [0.4, 0.5) is 5.69 Å². The summed E-state index contributed by atoms with van der Waals surface area (Å²) in [4.78, 5) is 11.2. The van der Waals surface area contributed by atoms with Gasteiger partial charge in [0.15, 0.2) is 0 Å². The molecular weight excluding hydrogens is 260 g/mol. The first kappa shape index (κ1) is 15.1. The molecule has 0 saturated carbocycles. The van der Waals surface area contributed by atoms with Gasteiger partial charge in [-0.3, -0.25) is 4.79 Å². The van der Waals surface area contributed by atoms with Gasteiger partial charge in [-0.15, -0.1) is 0 Å². The normalized spacial score (nSPS) is 11.2. The molecule has 0 aromatic heterocycles. The first-order valence-corrected chi connectivity index (χ1v) is 7.09. The zero-order valence-corrected chi connectivity index (χ0v) is 12.8. The van der Waals surface area contributed by atoms with E-state index in [-0.39, 0.29) is 5.41 Å². The van der Waals surface area contributed by atoms with Crippen LogP contribution >= 0.6 is 0 Å². The van der Waals surface area contributed by atoms with Crippen LogP contribution in [0, 0.1) is 0 Å². The fourth-order valence-corrected chi connectivity index (χ4v) is 2.13. The standard InChI is InChI=1S/C18H22N2O/c1-18(2,3)15-7-9-16(10-8-15)20-12-13-5-4-6-14(11-13)17(19)21/h4-11,20H,12H2,1-3H3,(H2,19,21). The molecule has 0 fully saturated rings. The highest BCUT2D eigenvalue weighted by molar-refractivity contribution is 5.92. The monoisotopic (exact) mass is 282 g/mol. The molecule has 3 N–H and O–H groups in total. The number of carbonyl (C=O) groups excluding carboxylic acids is 1. The van der Waals surface area contributed by atoms with E-state index in [0.717, 1.165) is 11.3 Å². The lowest BCUT2D eigenvalue weighted by Gasteiger charge is -2.19. The van der Waals surface area contributed by atoms with Crippen molar-refractivity contribution in [1.82, 2.24) is 0 Å². The van der Waals surface area contributed by atoms with Gasteiger partial charge in [-0.25, -0.2) is 0 Å². The van der Waals surface area contributed by atoms with Crippen LogP contribution in [0.2, 0.25) is 0 Å². The van der Waals surface area contributed by atoms with Crippen LogP contribution in [-0.4, -0.2) is 5.91 Å². The molecular formula is C18H22N2O. The Hall–Kier alpha value is -2.29. The largest absolute Gasteiger partial charge is 0.381 e. The van der Waals surface area contributed by atoms with Crippen molar-refractivity contribution in [2.45, 2.75) is 32.7 Å². The third-order valence-corrected chi connectivity index (χ3v) is 3.46. The second kappa shape index (κ2) is 6.00. The highest BCUT2D eigenvalue weighted by Crippen LogP contribution is 2.23. The lowest BCUT2D eigenvalue weighted by Crippen LogP contribution is -2.12. The van der Waals surface area contributed by atoms with Gasteiger partial charge in [0, 0.05) is 17.8 Å². The van der Waals surface area contributed by atoms with E-state index in [9.17, 15) is 4.79 Å². The van der Waals surface area contributed by atoms with Crippen LogP contribution in [0.3, 0.4) is 0 Å². The van der Waals surface area contributed by atoms with Crippen LogP contribution in [0.25, 0.3) is 0 Å².